The van der Waals surface area contributed by atoms with Gasteiger partial charge in [0.2, 0.25) is 0 Å². The summed E-state index contributed by atoms with van der Waals surface area (Å²) in [5.41, 5.74) is 4.68. The SMILES string of the molecule is CC.CSN1CCC(N2C(=O)OCc3cccc(C)c32)CC1.Cc1ccccc1. The van der Waals surface area contributed by atoms with Crippen LogP contribution in [0.1, 0.15) is 43.4 Å². The molecule has 2 aromatic rings. The van der Waals surface area contributed by atoms with Crippen molar-refractivity contribution in [1.82, 2.24) is 4.31 Å². The van der Waals surface area contributed by atoms with E-state index in [-0.39, 0.29) is 12.1 Å². The maximum Gasteiger partial charge on any atom is 0.414 e. The van der Waals surface area contributed by atoms with Crippen molar-refractivity contribution >= 4 is 23.7 Å². The Morgan fingerprint density at radius 1 is 0.966 bits per heavy atom. The second-order valence-corrected chi connectivity index (χ2v) is 7.89. The average molecular weight is 415 g/mol. The number of amides is 1. The minimum absolute atomic E-state index is 0.186. The maximum atomic E-state index is 12.2. The topological polar surface area (TPSA) is 32.8 Å². The number of fused-ring (bicyclic) bond motifs is 1. The first-order valence-corrected chi connectivity index (χ1v) is 11.6. The first-order chi connectivity index (χ1) is 14.1. The number of carbonyl (C=O) groups excluding carboxylic acids is 1. The van der Waals surface area contributed by atoms with Crippen molar-refractivity contribution in [1.29, 1.82) is 0 Å². The molecule has 2 aliphatic heterocycles. The van der Waals surface area contributed by atoms with Crippen LogP contribution < -0.4 is 4.90 Å². The van der Waals surface area contributed by atoms with Crippen molar-refractivity contribution in [3.05, 3.63) is 65.2 Å². The fraction of sp³-hybridized carbons (Fsp3) is 0.458. The summed E-state index contributed by atoms with van der Waals surface area (Å²) >= 11 is 1.78. The number of anilines is 1. The van der Waals surface area contributed by atoms with Gasteiger partial charge in [-0.05, 0) is 38.5 Å². The van der Waals surface area contributed by atoms with Crippen molar-refractivity contribution in [2.24, 2.45) is 0 Å². The van der Waals surface area contributed by atoms with Gasteiger partial charge in [-0.1, -0.05) is 79.9 Å². The Labute approximate surface area is 180 Å². The predicted molar refractivity (Wildman–Crippen MR) is 124 cm³/mol. The van der Waals surface area contributed by atoms with E-state index in [1.165, 1.54) is 5.56 Å². The quantitative estimate of drug-likeness (QED) is 0.547. The molecular weight excluding hydrogens is 380 g/mol. The second kappa shape index (κ2) is 11.9. The Bertz CT molecular complexity index is 759. The standard InChI is InChI=1S/C15H20N2O2S.C7H8.C2H6/c1-11-4-3-5-12-10-19-15(18)17(14(11)12)13-6-8-16(20-2)9-7-13;1-7-5-3-2-4-6-7;1-2/h3-5,13H,6-10H2,1-2H3;2-6H,1H3;1-2H3. The molecule has 5 heteroatoms. The molecule has 0 saturated carbocycles. The smallest absolute Gasteiger partial charge is 0.414 e. The van der Waals surface area contributed by atoms with Gasteiger partial charge in [0.25, 0.3) is 0 Å². The lowest BCUT2D eigenvalue weighted by molar-refractivity contribution is 0.136. The second-order valence-electron chi connectivity index (χ2n) is 7.00. The molecule has 1 fully saturated rings. The number of carbonyl (C=O) groups is 1. The molecular formula is C24H34N2O2S. The van der Waals surface area contributed by atoms with Crippen LogP contribution in [0.5, 0.6) is 0 Å². The fourth-order valence-corrected chi connectivity index (χ4v) is 4.21. The Balaban J connectivity index is 0.000000280. The highest BCUT2D eigenvalue weighted by Crippen LogP contribution is 2.35. The molecule has 2 aliphatic rings. The molecule has 0 aliphatic carbocycles. The molecule has 29 heavy (non-hydrogen) atoms. The number of piperidine rings is 1. The molecule has 0 N–H and O–H groups in total. The zero-order valence-corrected chi connectivity index (χ0v) is 19.2. The molecule has 0 atom stereocenters. The molecule has 0 aromatic heterocycles. The van der Waals surface area contributed by atoms with Crippen LogP contribution in [0.15, 0.2) is 48.5 Å². The van der Waals surface area contributed by atoms with Crippen LogP contribution in [0.3, 0.4) is 0 Å². The summed E-state index contributed by atoms with van der Waals surface area (Å²) in [5.74, 6) is 0. The molecule has 1 saturated heterocycles. The van der Waals surface area contributed by atoms with E-state index in [1.54, 1.807) is 11.9 Å². The molecule has 4 nitrogen and oxygen atoms in total. The number of hydrogen-bond acceptors (Lipinski definition) is 4. The van der Waals surface area contributed by atoms with Gasteiger partial charge in [-0.15, -0.1) is 0 Å². The van der Waals surface area contributed by atoms with Crippen molar-refractivity contribution in [2.75, 3.05) is 24.2 Å². The minimum Gasteiger partial charge on any atom is -0.444 e. The maximum absolute atomic E-state index is 12.2. The number of hydrogen-bond donors (Lipinski definition) is 0. The van der Waals surface area contributed by atoms with Crippen LogP contribution in [0, 0.1) is 13.8 Å². The van der Waals surface area contributed by atoms with E-state index in [4.69, 9.17) is 4.74 Å². The summed E-state index contributed by atoms with van der Waals surface area (Å²) in [4.78, 5) is 14.1. The number of rotatable bonds is 2. The highest BCUT2D eigenvalue weighted by atomic mass is 32.2. The molecule has 0 unspecified atom stereocenters. The molecule has 1 amide bonds. The molecule has 4 rings (SSSR count). The highest BCUT2D eigenvalue weighted by Gasteiger charge is 2.34. The molecule has 0 bridgehead atoms. The van der Waals surface area contributed by atoms with E-state index in [0.29, 0.717) is 6.61 Å². The zero-order chi connectivity index (χ0) is 21.2. The molecule has 0 radical (unpaired) electrons. The monoisotopic (exact) mass is 414 g/mol. The van der Waals surface area contributed by atoms with Crippen LogP contribution >= 0.6 is 11.9 Å². The van der Waals surface area contributed by atoms with Gasteiger partial charge in [-0.3, -0.25) is 9.21 Å². The molecule has 2 aromatic carbocycles. The van der Waals surface area contributed by atoms with Gasteiger partial charge in [-0.25, -0.2) is 4.79 Å². The van der Waals surface area contributed by atoms with Crippen molar-refractivity contribution in [2.45, 2.75) is 53.2 Å². The fourth-order valence-electron chi connectivity index (χ4n) is 3.63. The highest BCUT2D eigenvalue weighted by molar-refractivity contribution is 7.96. The number of nitrogens with zero attached hydrogens (tertiary/aromatic N) is 2. The third-order valence-corrected chi connectivity index (χ3v) is 5.98. The van der Waals surface area contributed by atoms with Gasteiger partial charge in [0.05, 0.1) is 5.69 Å². The summed E-state index contributed by atoms with van der Waals surface area (Å²) in [6.45, 7) is 10.6. The van der Waals surface area contributed by atoms with Crippen molar-refractivity contribution < 1.29 is 9.53 Å². The Hall–Kier alpha value is -1.98. The van der Waals surface area contributed by atoms with Gasteiger partial charge in [0, 0.05) is 24.7 Å². The summed E-state index contributed by atoms with van der Waals surface area (Å²) in [7, 11) is 0. The lowest BCUT2D eigenvalue weighted by Crippen LogP contribution is -2.48. The zero-order valence-electron chi connectivity index (χ0n) is 18.4. The summed E-state index contributed by atoms with van der Waals surface area (Å²) in [5, 5.41) is 0. The van der Waals surface area contributed by atoms with E-state index in [2.05, 4.69) is 48.7 Å². The van der Waals surface area contributed by atoms with E-state index in [0.717, 1.165) is 42.7 Å². The minimum atomic E-state index is -0.186. The van der Waals surface area contributed by atoms with Crippen molar-refractivity contribution in [3.63, 3.8) is 0 Å². The van der Waals surface area contributed by atoms with Crippen LogP contribution in [0.25, 0.3) is 0 Å². The summed E-state index contributed by atoms with van der Waals surface area (Å²) in [6.07, 6.45) is 3.93. The molecule has 2 heterocycles. The summed E-state index contributed by atoms with van der Waals surface area (Å²) in [6, 6.07) is 16.7. The Kier molecular flexibility index (Phi) is 9.55. The first-order valence-electron chi connectivity index (χ1n) is 10.5. The molecule has 0 spiro atoms. The van der Waals surface area contributed by atoms with Crippen LogP contribution in [-0.4, -0.2) is 35.8 Å². The number of cyclic esters (lactones) is 1. The largest absolute Gasteiger partial charge is 0.444 e. The Morgan fingerprint density at radius 3 is 2.17 bits per heavy atom. The first kappa shape index (κ1) is 23.3. The van der Waals surface area contributed by atoms with E-state index in [1.807, 2.05) is 43.0 Å². The number of para-hydroxylation sites is 1. The van der Waals surface area contributed by atoms with E-state index >= 15 is 0 Å². The third kappa shape index (κ3) is 6.25. The van der Waals surface area contributed by atoms with Crippen LogP contribution in [0.2, 0.25) is 0 Å². The van der Waals surface area contributed by atoms with Crippen LogP contribution in [0.4, 0.5) is 10.5 Å². The lowest BCUT2D eigenvalue weighted by atomic mass is 10.00. The third-order valence-electron chi connectivity index (χ3n) is 5.10. The number of benzene rings is 2. The van der Waals surface area contributed by atoms with Crippen LogP contribution in [-0.2, 0) is 11.3 Å². The number of aryl methyl sites for hydroxylation is 2. The van der Waals surface area contributed by atoms with E-state index < -0.39 is 0 Å². The summed E-state index contributed by atoms with van der Waals surface area (Å²) < 4.78 is 7.70. The van der Waals surface area contributed by atoms with Crippen molar-refractivity contribution in [3.8, 4) is 0 Å². The van der Waals surface area contributed by atoms with Gasteiger partial charge in [0.1, 0.15) is 6.61 Å². The lowest BCUT2D eigenvalue weighted by Gasteiger charge is -2.40. The predicted octanol–water partition coefficient (Wildman–Crippen LogP) is 6.22. The Morgan fingerprint density at radius 2 is 1.62 bits per heavy atom. The van der Waals surface area contributed by atoms with E-state index in [9.17, 15) is 4.79 Å². The molecule has 158 valence electrons. The van der Waals surface area contributed by atoms with Gasteiger partial charge >= 0.3 is 6.09 Å². The normalized spacial score (nSPS) is 16.6. The van der Waals surface area contributed by atoms with Gasteiger partial charge in [-0.2, -0.15) is 0 Å². The number of ether oxygens (including phenoxy) is 1. The average Bonchev–Trinajstić information content (AvgIpc) is 2.77. The van der Waals surface area contributed by atoms with Gasteiger partial charge in [0.15, 0.2) is 0 Å². The van der Waals surface area contributed by atoms with Gasteiger partial charge < -0.3 is 4.74 Å².